The van der Waals surface area contributed by atoms with E-state index in [1.165, 1.54) is 16.7 Å². The first-order valence-corrected chi connectivity index (χ1v) is 7.87. The van der Waals surface area contributed by atoms with Crippen LogP contribution in [0.4, 0.5) is 0 Å². The van der Waals surface area contributed by atoms with E-state index >= 15 is 0 Å². The van der Waals surface area contributed by atoms with Gasteiger partial charge in [0, 0.05) is 18.8 Å². The third-order valence-electron chi connectivity index (χ3n) is 3.15. The first-order valence-electron chi connectivity index (χ1n) is 6.88. The van der Waals surface area contributed by atoms with Crippen molar-refractivity contribution in [2.75, 3.05) is 12.3 Å². The predicted molar refractivity (Wildman–Crippen MR) is 84.1 cm³/mol. The SMILES string of the molecule is CCNC(CSc1ncnn1C)c1cc(C)cc(C)c1. The maximum atomic E-state index is 4.26. The highest BCUT2D eigenvalue weighted by molar-refractivity contribution is 7.99. The zero-order valence-electron chi connectivity index (χ0n) is 12.6. The molecule has 0 amide bonds. The van der Waals surface area contributed by atoms with E-state index in [2.05, 4.69) is 54.4 Å². The van der Waals surface area contributed by atoms with Gasteiger partial charge in [0.2, 0.25) is 0 Å². The molecule has 0 spiro atoms. The normalized spacial score (nSPS) is 12.6. The van der Waals surface area contributed by atoms with Gasteiger partial charge >= 0.3 is 0 Å². The number of nitrogens with zero attached hydrogens (tertiary/aromatic N) is 3. The summed E-state index contributed by atoms with van der Waals surface area (Å²) >= 11 is 1.74. The summed E-state index contributed by atoms with van der Waals surface area (Å²) in [4.78, 5) is 4.26. The van der Waals surface area contributed by atoms with E-state index in [1.807, 2.05) is 11.7 Å². The van der Waals surface area contributed by atoms with Crippen molar-refractivity contribution in [3.05, 3.63) is 41.2 Å². The van der Waals surface area contributed by atoms with Gasteiger partial charge in [-0.05, 0) is 26.0 Å². The molecule has 108 valence electrons. The fourth-order valence-electron chi connectivity index (χ4n) is 2.30. The molecule has 0 bridgehead atoms. The van der Waals surface area contributed by atoms with Crippen LogP contribution in [0.3, 0.4) is 0 Å². The van der Waals surface area contributed by atoms with Crippen molar-refractivity contribution in [1.29, 1.82) is 0 Å². The minimum atomic E-state index is 0.334. The third kappa shape index (κ3) is 3.84. The molecule has 0 fully saturated rings. The Morgan fingerprint density at radius 3 is 2.50 bits per heavy atom. The number of aryl methyl sites for hydroxylation is 3. The number of aromatic nitrogens is 3. The molecular weight excluding hydrogens is 268 g/mol. The van der Waals surface area contributed by atoms with Crippen molar-refractivity contribution < 1.29 is 0 Å². The van der Waals surface area contributed by atoms with E-state index in [0.29, 0.717) is 6.04 Å². The number of nitrogens with one attached hydrogen (secondary N) is 1. The molecule has 1 atom stereocenters. The Bertz CT molecular complexity index is 545. The Morgan fingerprint density at radius 1 is 1.25 bits per heavy atom. The highest BCUT2D eigenvalue weighted by Gasteiger charge is 2.13. The van der Waals surface area contributed by atoms with Crippen LogP contribution in [0.5, 0.6) is 0 Å². The molecule has 0 aliphatic heterocycles. The molecule has 20 heavy (non-hydrogen) atoms. The van der Waals surface area contributed by atoms with Crippen LogP contribution >= 0.6 is 11.8 Å². The Morgan fingerprint density at radius 2 is 1.95 bits per heavy atom. The van der Waals surface area contributed by atoms with E-state index < -0.39 is 0 Å². The lowest BCUT2D eigenvalue weighted by Gasteiger charge is -2.19. The minimum absolute atomic E-state index is 0.334. The molecule has 1 unspecified atom stereocenters. The second kappa shape index (κ2) is 6.90. The molecule has 1 aromatic heterocycles. The van der Waals surface area contributed by atoms with Crippen LogP contribution in [0.2, 0.25) is 0 Å². The summed E-state index contributed by atoms with van der Waals surface area (Å²) in [6.07, 6.45) is 1.60. The summed E-state index contributed by atoms with van der Waals surface area (Å²) < 4.78 is 1.81. The highest BCUT2D eigenvalue weighted by Crippen LogP contribution is 2.24. The molecule has 1 heterocycles. The van der Waals surface area contributed by atoms with Gasteiger partial charge in [0.1, 0.15) is 6.33 Å². The van der Waals surface area contributed by atoms with Crippen molar-refractivity contribution in [3.8, 4) is 0 Å². The highest BCUT2D eigenvalue weighted by atomic mass is 32.2. The third-order valence-corrected chi connectivity index (χ3v) is 4.27. The summed E-state index contributed by atoms with van der Waals surface area (Å²) in [7, 11) is 1.93. The van der Waals surface area contributed by atoms with Crippen LogP contribution in [0.15, 0.2) is 29.7 Å². The molecule has 2 aromatic rings. The molecule has 0 saturated heterocycles. The summed E-state index contributed by atoms with van der Waals surface area (Å²) in [6.45, 7) is 7.39. The van der Waals surface area contributed by atoms with Crippen molar-refractivity contribution in [2.24, 2.45) is 7.05 Å². The van der Waals surface area contributed by atoms with Gasteiger partial charge in [-0.1, -0.05) is 48.0 Å². The second-order valence-corrected chi connectivity index (χ2v) is 6.00. The minimum Gasteiger partial charge on any atom is -0.309 e. The number of hydrogen-bond acceptors (Lipinski definition) is 4. The molecular formula is C15H22N4S. The fraction of sp³-hybridized carbons (Fsp3) is 0.467. The van der Waals surface area contributed by atoms with Crippen LogP contribution in [-0.4, -0.2) is 27.1 Å². The van der Waals surface area contributed by atoms with E-state index in [1.54, 1.807) is 18.1 Å². The van der Waals surface area contributed by atoms with Gasteiger partial charge < -0.3 is 5.32 Å². The maximum Gasteiger partial charge on any atom is 0.185 e. The van der Waals surface area contributed by atoms with Crippen LogP contribution < -0.4 is 5.32 Å². The smallest absolute Gasteiger partial charge is 0.185 e. The van der Waals surface area contributed by atoms with Gasteiger partial charge in [-0.15, -0.1) is 0 Å². The zero-order valence-corrected chi connectivity index (χ0v) is 13.4. The van der Waals surface area contributed by atoms with Crippen LogP contribution in [0.25, 0.3) is 0 Å². The molecule has 0 radical (unpaired) electrons. The molecule has 2 rings (SSSR count). The number of hydrogen-bond donors (Lipinski definition) is 1. The molecule has 5 heteroatoms. The molecule has 0 aliphatic rings. The van der Waals surface area contributed by atoms with Crippen molar-refractivity contribution >= 4 is 11.8 Å². The van der Waals surface area contributed by atoms with Gasteiger partial charge in [0.15, 0.2) is 5.16 Å². The average Bonchev–Trinajstić information content (AvgIpc) is 2.79. The zero-order chi connectivity index (χ0) is 14.5. The van der Waals surface area contributed by atoms with Gasteiger partial charge in [-0.3, -0.25) is 0 Å². The van der Waals surface area contributed by atoms with Crippen molar-refractivity contribution in [2.45, 2.75) is 32.0 Å². The molecule has 0 aliphatic carbocycles. The predicted octanol–water partition coefficient (Wildman–Crippen LogP) is 2.87. The largest absolute Gasteiger partial charge is 0.309 e. The quantitative estimate of drug-likeness (QED) is 0.831. The van der Waals surface area contributed by atoms with Gasteiger partial charge in [0.25, 0.3) is 0 Å². The van der Waals surface area contributed by atoms with Gasteiger partial charge in [0.05, 0.1) is 0 Å². The molecule has 1 aromatic carbocycles. The number of thioether (sulfide) groups is 1. The molecule has 4 nitrogen and oxygen atoms in total. The summed E-state index contributed by atoms with van der Waals surface area (Å²) in [5.74, 6) is 0.948. The molecule has 1 N–H and O–H groups in total. The molecule has 0 saturated carbocycles. The van der Waals surface area contributed by atoms with E-state index in [9.17, 15) is 0 Å². The van der Waals surface area contributed by atoms with Crippen LogP contribution in [0, 0.1) is 13.8 Å². The first-order chi connectivity index (χ1) is 9.60. The van der Waals surface area contributed by atoms with E-state index in [4.69, 9.17) is 0 Å². The van der Waals surface area contributed by atoms with Crippen LogP contribution in [0.1, 0.15) is 29.7 Å². The fourth-order valence-corrected chi connectivity index (χ4v) is 3.29. The Labute approximate surface area is 125 Å². The average molecular weight is 290 g/mol. The summed E-state index contributed by atoms with van der Waals surface area (Å²) in [5.41, 5.74) is 3.97. The van der Waals surface area contributed by atoms with Gasteiger partial charge in [-0.2, -0.15) is 5.10 Å². The van der Waals surface area contributed by atoms with E-state index in [0.717, 1.165) is 17.5 Å². The Balaban J connectivity index is 2.12. The first kappa shape index (κ1) is 15.1. The van der Waals surface area contributed by atoms with E-state index in [-0.39, 0.29) is 0 Å². The lowest BCUT2D eigenvalue weighted by molar-refractivity contribution is 0.603. The lowest BCUT2D eigenvalue weighted by atomic mass is 10.0. The number of benzene rings is 1. The Kier molecular flexibility index (Phi) is 5.20. The standard InChI is InChI=1S/C15H22N4S/c1-5-16-14(9-20-15-17-10-18-19(15)4)13-7-11(2)6-12(3)8-13/h6-8,10,14,16H,5,9H2,1-4H3. The van der Waals surface area contributed by atoms with Gasteiger partial charge in [-0.25, -0.2) is 9.67 Å². The topological polar surface area (TPSA) is 42.7 Å². The number of rotatable bonds is 6. The van der Waals surface area contributed by atoms with Crippen LogP contribution in [-0.2, 0) is 7.05 Å². The van der Waals surface area contributed by atoms with Crippen molar-refractivity contribution in [3.63, 3.8) is 0 Å². The Hall–Kier alpha value is -1.33. The lowest BCUT2D eigenvalue weighted by Crippen LogP contribution is -2.23. The summed E-state index contributed by atoms with van der Waals surface area (Å²) in [6, 6.07) is 7.07. The maximum absolute atomic E-state index is 4.26. The summed E-state index contributed by atoms with van der Waals surface area (Å²) in [5, 5.41) is 8.62. The monoisotopic (exact) mass is 290 g/mol. The van der Waals surface area contributed by atoms with Crippen molar-refractivity contribution in [1.82, 2.24) is 20.1 Å². The second-order valence-electron chi connectivity index (χ2n) is 5.01.